The molecule has 2 N–H and O–H groups in total. The predicted molar refractivity (Wildman–Crippen MR) is 115 cm³/mol. The summed E-state index contributed by atoms with van der Waals surface area (Å²) in [5.74, 6) is 2.42. The average Bonchev–Trinajstić information content (AvgIpc) is 2.91. The molecule has 4 atom stereocenters. The van der Waals surface area contributed by atoms with Gasteiger partial charge in [-0.05, 0) is 44.6 Å². The number of nitrogens with zero attached hydrogens (tertiary/aromatic N) is 1. The van der Waals surface area contributed by atoms with Crippen molar-refractivity contribution in [2.75, 3.05) is 0 Å². The molecule has 0 aromatic carbocycles. The number of rotatable bonds is 5. The van der Waals surface area contributed by atoms with E-state index < -0.39 is 0 Å². The third-order valence-corrected chi connectivity index (χ3v) is 8.22. The Bertz CT molecular complexity index is 889. The van der Waals surface area contributed by atoms with Gasteiger partial charge in [-0.15, -0.1) is 23.1 Å². The van der Waals surface area contributed by atoms with Crippen LogP contribution in [0.15, 0.2) is 4.79 Å². The Hall–Kier alpha value is -1.34. The van der Waals surface area contributed by atoms with E-state index in [1.54, 1.807) is 11.3 Å². The second kappa shape index (κ2) is 8.35. The van der Waals surface area contributed by atoms with Crippen LogP contribution in [0, 0.1) is 25.7 Å². The zero-order valence-electron chi connectivity index (χ0n) is 16.7. The fourth-order valence-corrected chi connectivity index (χ4v) is 5.55. The minimum absolute atomic E-state index is 0.0807. The predicted octanol–water partition coefficient (Wildman–Crippen LogP) is 4.16. The molecule has 0 unspecified atom stereocenters. The van der Waals surface area contributed by atoms with Crippen molar-refractivity contribution in [3.63, 3.8) is 0 Å². The van der Waals surface area contributed by atoms with E-state index in [0.29, 0.717) is 28.8 Å². The first-order valence-corrected chi connectivity index (χ1v) is 11.5. The van der Waals surface area contributed by atoms with Gasteiger partial charge in [0.25, 0.3) is 5.56 Å². The van der Waals surface area contributed by atoms with Crippen LogP contribution in [0.25, 0.3) is 10.2 Å². The monoisotopic (exact) mass is 407 g/mol. The Morgan fingerprint density at radius 1 is 1.37 bits per heavy atom. The van der Waals surface area contributed by atoms with Crippen LogP contribution in [-0.4, -0.2) is 27.2 Å². The summed E-state index contributed by atoms with van der Waals surface area (Å²) in [5.41, 5.74) is 0.922. The standard InChI is InChI=1S/C20H29N3O2S2/c1-10-7-6-8-15(11(10)2)21-18(24)14(5)26-9-16-22-19(25)17-12(3)13(4)27-20(17)23-16/h10-11,14-15H,6-9H2,1-5H3,(H,21,24)(H,22,23,25)/t10-,11-,14+,15+/m0/s1. The van der Waals surface area contributed by atoms with E-state index >= 15 is 0 Å². The SMILES string of the molecule is Cc1sc2nc(CS[C@H](C)C(=O)N[C@@H]3CCC[C@H](C)[C@@H]3C)[nH]c(=O)c2c1C. The molecule has 27 heavy (non-hydrogen) atoms. The van der Waals surface area contributed by atoms with Crippen LogP contribution >= 0.6 is 23.1 Å². The van der Waals surface area contributed by atoms with Crippen molar-refractivity contribution < 1.29 is 4.79 Å². The fourth-order valence-electron chi connectivity index (χ4n) is 3.73. The van der Waals surface area contributed by atoms with Gasteiger partial charge in [-0.2, -0.15) is 0 Å². The molecule has 1 amide bonds. The van der Waals surface area contributed by atoms with Crippen LogP contribution in [0.1, 0.15) is 56.3 Å². The molecule has 0 bridgehead atoms. The highest BCUT2D eigenvalue weighted by molar-refractivity contribution is 7.99. The van der Waals surface area contributed by atoms with Crippen molar-refractivity contribution in [1.82, 2.24) is 15.3 Å². The van der Waals surface area contributed by atoms with Gasteiger partial charge in [0, 0.05) is 10.9 Å². The van der Waals surface area contributed by atoms with E-state index in [9.17, 15) is 9.59 Å². The lowest BCUT2D eigenvalue weighted by atomic mass is 9.78. The van der Waals surface area contributed by atoms with Crippen molar-refractivity contribution in [3.05, 3.63) is 26.6 Å². The van der Waals surface area contributed by atoms with Crippen LogP contribution in [0.4, 0.5) is 0 Å². The number of amides is 1. The summed E-state index contributed by atoms with van der Waals surface area (Å²) in [7, 11) is 0. The van der Waals surface area contributed by atoms with E-state index in [2.05, 4.69) is 29.1 Å². The lowest BCUT2D eigenvalue weighted by Gasteiger charge is -2.35. The van der Waals surface area contributed by atoms with Crippen molar-refractivity contribution >= 4 is 39.2 Å². The number of thiophene rings is 1. The summed E-state index contributed by atoms with van der Waals surface area (Å²) in [6, 6.07) is 0.274. The zero-order chi connectivity index (χ0) is 19.7. The van der Waals surface area contributed by atoms with Crippen LogP contribution in [0.2, 0.25) is 0 Å². The third-order valence-electron chi connectivity index (χ3n) is 5.96. The van der Waals surface area contributed by atoms with E-state index in [1.807, 2.05) is 20.8 Å². The number of hydrogen-bond donors (Lipinski definition) is 2. The Morgan fingerprint density at radius 2 is 2.11 bits per heavy atom. The second-order valence-corrected chi connectivity index (χ2v) is 10.3. The first kappa shape index (κ1) is 20.4. The highest BCUT2D eigenvalue weighted by Crippen LogP contribution is 2.30. The largest absolute Gasteiger partial charge is 0.352 e. The Labute approximate surface area is 168 Å². The van der Waals surface area contributed by atoms with Crippen molar-refractivity contribution in [1.29, 1.82) is 0 Å². The van der Waals surface area contributed by atoms with Crippen LogP contribution in [0.5, 0.6) is 0 Å². The molecule has 0 spiro atoms. The normalized spacial score (nSPS) is 24.1. The Kier molecular flexibility index (Phi) is 6.31. The van der Waals surface area contributed by atoms with Gasteiger partial charge < -0.3 is 10.3 Å². The average molecular weight is 408 g/mol. The maximum atomic E-state index is 12.6. The first-order valence-electron chi connectivity index (χ1n) is 9.68. The highest BCUT2D eigenvalue weighted by Gasteiger charge is 2.29. The fraction of sp³-hybridized carbons (Fsp3) is 0.650. The number of carbonyl (C=O) groups is 1. The van der Waals surface area contributed by atoms with E-state index in [-0.39, 0.29) is 22.8 Å². The van der Waals surface area contributed by atoms with Crippen molar-refractivity contribution in [3.8, 4) is 0 Å². The molecule has 0 aliphatic heterocycles. The molecule has 2 aromatic heterocycles. The molecule has 1 aliphatic rings. The number of aryl methyl sites for hydroxylation is 2. The van der Waals surface area contributed by atoms with Crippen molar-refractivity contribution in [2.45, 2.75) is 70.9 Å². The van der Waals surface area contributed by atoms with Gasteiger partial charge in [-0.3, -0.25) is 9.59 Å². The number of hydrogen-bond acceptors (Lipinski definition) is 5. The quantitative estimate of drug-likeness (QED) is 0.780. The Morgan fingerprint density at radius 3 is 2.85 bits per heavy atom. The van der Waals surface area contributed by atoms with Crippen LogP contribution < -0.4 is 10.9 Å². The summed E-state index contributed by atoms with van der Waals surface area (Å²) in [6.07, 6.45) is 3.50. The number of aromatic amines is 1. The number of thioether (sulfide) groups is 1. The molecule has 0 saturated heterocycles. The summed E-state index contributed by atoms with van der Waals surface area (Å²) in [5, 5.41) is 3.75. The number of nitrogens with one attached hydrogen (secondary N) is 2. The summed E-state index contributed by atoms with van der Waals surface area (Å²) >= 11 is 3.07. The molecule has 5 nitrogen and oxygen atoms in total. The third kappa shape index (κ3) is 4.40. The lowest BCUT2D eigenvalue weighted by molar-refractivity contribution is -0.121. The van der Waals surface area contributed by atoms with E-state index in [1.165, 1.54) is 24.6 Å². The minimum atomic E-state index is -0.178. The summed E-state index contributed by atoms with van der Waals surface area (Å²) in [6.45, 7) is 10.4. The molecule has 3 rings (SSSR count). The summed E-state index contributed by atoms with van der Waals surface area (Å²) < 4.78 is 0. The maximum absolute atomic E-state index is 12.6. The maximum Gasteiger partial charge on any atom is 0.259 e. The number of H-pyrrole nitrogens is 1. The van der Waals surface area contributed by atoms with Gasteiger partial charge in [0.1, 0.15) is 10.7 Å². The smallest absolute Gasteiger partial charge is 0.259 e. The number of aromatic nitrogens is 2. The van der Waals surface area contributed by atoms with Gasteiger partial charge >= 0.3 is 0 Å². The van der Waals surface area contributed by atoms with Gasteiger partial charge in [0.05, 0.1) is 16.4 Å². The molecule has 148 valence electrons. The number of carbonyl (C=O) groups excluding carboxylic acids is 1. The number of fused-ring (bicyclic) bond motifs is 1. The van der Waals surface area contributed by atoms with Gasteiger partial charge in [-0.1, -0.05) is 26.7 Å². The van der Waals surface area contributed by atoms with Gasteiger partial charge in [-0.25, -0.2) is 4.98 Å². The molecule has 1 saturated carbocycles. The minimum Gasteiger partial charge on any atom is -0.352 e. The molecule has 1 fully saturated rings. The van der Waals surface area contributed by atoms with Crippen molar-refractivity contribution in [2.24, 2.45) is 11.8 Å². The lowest BCUT2D eigenvalue weighted by Crippen LogP contribution is -2.46. The van der Waals surface area contributed by atoms with E-state index in [4.69, 9.17) is 0 Å². The van der Waals surface area contributed by atoms with Gasteiger partial charge in [0.15, 0.2) is 0 Å². The molecule has 2 heterocycles. The second-order valence-electron chi connectivity index (χ2n) is 7.81. The molecule has 2 aromatic rings. The van der Waals surface area contributed by atoms with Crippen LogP contribution in [-0.2, 0) is 10.5 Å². The molecule has 1 aliphatic carbocycles. The molecule has 7 heteroatoms. The topological polar surface area (TPSA) is 74.8 Å². The van der Waals surface area contributed by atoms with Crippen LogP contribution in [0.3, 0.4) is 0 Å². The first-order chi connectivity index (χ1) is 12.8. The zero-order valence-corrected chi connectivity index (χ0v) is 18.4. The highest BCUT2D eigenvalue weighted by atomic mass is 32.2. The van der Waals surface area contributed by atoms with Gasteiger partial charge in [0.2, 0.25) is 5.91 Å². The Balaban J connectivity index is 1.61. The molecular formula is C20H29N3O2S2. The summed E-state index contributed by atoms with van der Waals surface area (Å²) in [4.78, 5) is 34.3. The van der Waals surface area contributed by atoms with E-state index in [0.717, 1.165) is 21.7 Å². The molecule has 0 radical (unpaired) electrons. The molecular weight excluding hydrogens is 378 g/mol.